The van der Waals surface area contributed by atoms with Gasteiger partial charge in [-0.25, -0.2) is 4.98 Å². The highest BCUT2D eigenvalue weighted by Crippen LogP contribution is 2.24. The Hall–Kier alpha value is -2.16. The van der Waals surface area contributed by atoms with Crippen molar-refractivity contribution in [2.75, 3.05) is 0 Å². The van der Waals surface area contributed by atoms with Gasteiger partial charge in [0, 0.05) is 11.2 Å². The minimum atomic E-state index is 0.483. The Bertz CT molecular complexity index is 917. The molecule has 0 aliphatic carbocycles. The Morgan fingerprint density at radius 3 is 2.95 bits per heavy atom. The van der Waals surface area contributed by atoms with Crippen molar-refractivity contribution in [2.45, 2.75) is 6.92 Å². The van der Waals surface area contributed by atoms with Gasteiger partial charge in [0.15, 0.2) is 10.4 Å². The van der Waals surface area contributed by atoms with E-state index < -0.39 is 0 Å². The van der Waals surface area contributed by atoms with Gasteiger partial charge < -0.3 is 4.98 Å². The predicted octanol–water partition coefficient (Wildman–Crippen LogP) is 3.92. The van der Waals surface area contributed by atoms with Crippen LogP contribution in [0.3, 0.4) is 0 Å². The summed E-state index contributed by atoms with van der Waals surface area (Å²) in [6.45, 7) is 1.96. The molecule has 0 unspecified atom stereocenters. The fourth-order valence-corrected chi connectivity index (χ4v) is 2.57. The molecule has 2 aromatic heterocycles. The van der Waals surface area contributed by atoms with Crippen molar-refractivity contribution in [1.82, 2.24) is 14.5 Å². The molecule has 0 fully saturated rings. The first kappa shape index (κ1) is 12.9. The molecule has 3 rings (SSSR count). The van der Waals surface area contributed by atoms with Crippen molar-refractivity contribution in [3.8, 4) is 11.8 Å². The number of aryl methyl sites for hydroxylation is 1. The maximum Gasteiger partial charge on any atom is 0.184 e. The highest BCUT2D eigenvalue weighted by atomic mass is 35.5. The Kier molecular flexibility index (Phi) is 3.05. The van der Waals surface area contributed by atoms with Crippen LogP contribution in [-0.4, -0.2) is 14.5 Å². The van der Waals surface area contributed by atoms with Crippen LogP contribution in [0.1, 0.15) is 11.1 Å². The van der Waals surface area contributed by atoms with Gasteiger partial charge in [-0.2, -0.15) is 5.26 Å². The fourth-order valence-electron chi connectivity index (χ4n) is 2.11. The van der Waals surface area contributed by atoms with Crippen molar-refractivity contribution < 1.29 is 0 Å². The summed E-state index contributed by atoms with van der Waals surface area (Å²) in [5.41, 5.74) is 3.67. The SMILES string of the molecule is Cc1cnc2c(c1)[nH]c(=S)n2-c1cc(Cl)ccc1C#N. The molecule has 2 heterocycles. The minimum Gasteiger partial charge on any atom is -0.329 e. The molecule has 98 valence electrons. The smallest absolute Gasteiger partial charge is 0.184 e. The number of nitrogens with one attached hydrogen (secondary N) is 1. The van der Waals surface area contributed by atoms with E-state index in [0.717, 1.165) is 11.1 Å². The molecule has 1 N–H and O–H groups in total. The van der Waals surface area contributed by atoms with E-state index in [4.69, 9.17) is 23.8 Å². The number of fused-ring (bicyclic) bond motifs is 1. The van der Waals surface area contributed by atoms with Crippen LogP contribution in [0.4, 0.5) is 0 Å². The van der Waals surface area contributed by atoms with Crippen molar-refractivity contribution in [3.05, 3.63) is 51.4 Å². The summed E-state index contributed by atoms with van der Waals surface area (Å²) in [6.07, 6.45) is 1.76. The molecule has 0 aliphatic rings. The molecule has 0 saturated heterocycles. The van der Waals surface area contributed by atoms with Gasteiger partial charge in [0.1, 0.15) is 6.07 Å². The van der Waals surface area contributed by atoms with E-state index in [0.29, 0.717) is 26.7 Å². The van der Waals surface area contributed by atoms with E-state index in [2.05, 4.69) is 16.0 Å². The van der Waals surface area contributed by atoms with Gasteiger partial charge >= 0.3 is 0 Å². The summed E-state index contributed by atoms with van der Waals surface area (Å²) < 4.78 is 2.21. The number of imidazole rings is 1. The number of hydrogen-bond acceptors (Lipinski definition) is 3. The highest BCUT2D eigenvalue weighted by molar-refractivity contribution is 7.71. The number of halogens is 1. The zero-order chi connectivity index (χ0) is 14.3. The van der Waals surface area contributed by atoms with Crippen molar-refractivity contribution in [2.24, 2.45) is 0 Å². The first-order chi connectivity index (χ1) is 9.60. The van der Waals surface area contributed by atoms with Crippen molar-refractivity contribution in [1.29, 1.82) is 5.26 Å². The quantitative estimate of drug-likeness (QED) is 0.693. The van der Waals surface area contributed by atoms with Gasteiger partial charge in [0.25, 0.3) is 0 Å². The topological polar surface area (TPSA) is 57.4 Å². The number of rotatable bonds is 1. The molecule has 20 heavy (non-hydrogen) atoms. The van der Waals surface area contributed by atoms with Crippen LogP contribution >= 0.6 is 23.8 Å². The number of aromatic nitrogens is 3. The summed E-state index contributed by atoms with van der Waals surface area (Å²) in [6, 6.07) is 9.18. The number of aromatic amines is 1. The number of H-pyrrole nitrogens is 1. The van der Waals surface area contributed by atoms with Crippen LogP contribution in [0.15, 0.2) is 30.5 Å². The normalized spacial score (nSPS) is 10.7. The van der Waals surface area contributed by atoms with E-state index in [9.17, 15) is 5.26 Å². The second kappa shape index (κ2) is 4.75. The van der Waals surface area contributed by atoms with E-state index in [1.165, 1.54) is 0 Å². The molecule has 1 aromatic carbocycles. The van der Waals surface area contributed by atoms with Gasteiger partial charge in [-0.1, -0.05) is 11.6 Å². The van der Waals surface area contributed by atoms with Gasteiger partial charge in [0.05, 0.1) is 16.8 Å². The lowest BCUT2D eigenvalue weighted by molar-refractivity contribution is 1.04. The third-order valence-corrected chi connectivity index (χ3v) is 3.50. The molecular formula is C14H9ClN4S. The van der Waals surface area contributed by atoms with Crippen molar-refractivity contribution in [3.63, 3.8) is 0 Å². The molecule has 0 saturated carbocycles. The Morgan fingerprint density at radius 2 is 2.20 bits per heavy atom. The largest absolute Gasteiger partial charge is 0.329 e. The number of hydrogen-bond donors (Lipinski definition) is 1. The summed E-state index contributed by atoms with van der Waals surface area (Å²) in [5.74, 6) is 0. The van der Waals surface area contributed by atoms with Crippen LogP contribution in [0, 0.1) is 23.0 Å². The molecule has 0 atom stereocenters. The number of pyridine rings is 1. The molecule has 0 spiro atoms. The molecule has 6 heteroatoms. The molecule has 0 bridgehead atoms. The summed E-state index contributed by atoms with van der Waals surface area (Å²) in [5, 5.41) is 9.79. The molecule has 4 nitrogen and oxygen atoms in total. The van der Waals surface area contributed by atoms with E-state index in [1.807, 2.05) is 13.0 Å². The van der Waals surface area contributed by atoms with Crippen LogP contribution < -0.4 is 0 Å². The predicted molar refractivity (Wildman–Crippen MR) is 80.7 cm³/mol. The first-order valence-electron chi connectivity index (χ1n) is 5.87. The van der Waals surface area contributed by atoms with Crippen molar-refractivity contribution >= 4 is 35.0 Å². The number of benzene rings is 1. The zero-order valence-corrected chi connectivity index (χ0v) is 12.1. The van der Waals surface area contributed by atoms with Crippen LogP contribution in [0.2, 0.25) is 5.02 Å². The van der Waals surface area contributed by atoms with Crippen LogP contribution in [0.5, 0.6) is 0 Å². The first-order valence-corrected chi connectivity index (χ1v) is 6.66. The van der Waals surface area contributed by atoms with Gasteiger partial charge in [-0.3, -0.25) is 4.57 Å². The van der Waals surface area contributed by atoms with E-state index >= 15 is 0 Å². The average Bonchev–Trinajstić information content (AvgIpc) is 2.73. The van der Waals surface area contributed by atoms with Crippen LogP contribution in [0.25, 0.3) is 16.9 Å². The third kappa shape index (κ3) is 1.99. The Morgan fingerprint density at radius 1 is 1.40 bits per heavy atom. The zero-order valence-electron chi connectivity index (χ0n) is 10.5. The summed E-state index contributed by atoms with van der Waals surface area (Å²) in [4.78, 5) is 7.50. The second-order valence-corrected chi connectivity index (χ2v) is 5.25. The number of nitrogens with zero attached hydrogens (tertiary/aromatic N) is 3. The lowest BCUT2D eigenvalue weighted by Gasteiger charge is -2.06. The third-order valence-electron chi connectivity index (χ3n) is 2.98. The molecule has 0 radical (unpaired) electrons. The lowest BCUT2D eigenvalue weighted by Crippen LogP contribution is -1.99. The summed E-state index contributed by atoms with van der Waals surface area (Å²) in [7, 11) is 0. The molecule has 3 aromatic rings. The fraction of sp³-hybridized carbons (Fsp3) is 0.0714. The maximum atomic E-state index is 9.24. The Labute approximate surface area is 125 Å². The van der Waals surface area contributed by atoms with E-state index in [-0.39, 0.29) is 0 Å². The molecule has 0 amide bonds. The van der Waals surface area contributed by atoms with Gasteiger partial charge in [-0.05, 0) is 49.0 Å². The minimum absolute atomic E-state index is 0.483. The maximum absolute atomic E-state index is 9.24. The summed E-state index contributed by atoms with van der Waals surface area (Å²) >= 11 is 11.4. The molecular weight excluding hydrogens is 292 g/mol. The highest BCUT2D eigenvalue weighted by Gasteiger charge is 2.12. The average molecular weight is 301 g/mol. The monoisotopic (exact) mass is 300 g/mol. The lowest BCUT2D eigenvalue weighted by atomic mass is 10.2. The van der Waals surface area contributed by atoms with Gasteiger partial charge in [-0.15, -0.1) is 0 Å². The Balaban J connectivity index is 2.41. The van der Waals surface area contributed by atoms with Gasteiger partial charge in [0.2, 0.25) is 0 Å². The van der Waals surface area contributed by atoms with Crippen LogP contribution in [-0.2, 0) is 0 Å². The van der Waals surface area contributed by atoms with E-state index in [1.54, 1.807) is 29.0 Å². The number of nitriles is 1. The second-order valence-electron chi connectivity index (χ2n) is 4.42. The standard InChI is InChI=1S/C14H9ClN4S/c1-8-4-11-13(17-7-8)19(14(20)18-11)12-5-10(15)3-2-9(12)6-16/h2-5,7H,1H3,(H,18,20). The molecule has 0 aliphatic heterocycles.